The van der Waals surface area contributed by atoms with Gasteiger partial charge >= 0.3 is 44.8 Å². The van der Waals surface area contributed by atoms with Crippen LogP contribution in [-0.4, -0.2) is 0 Å². The van der Waals surface area contributed by atoms with Crippen LogP contribution in [-0.2, 0) is 44.8 Å². The van der Waals surface area contributed by atoms with Crippen LogP contribution in [0.1, 0.15) is 22.3 Å². The Balaban J connectivity index is 0.000000214. The topological polar surface area (TPSA) is 0 Å². The quantitative estimate of drug-likeness (QED) is 0.0674. The van der Waals surface area contributed by atoms with E-state index in [2.05, 4.69) is 159 Å². The third kappa shape index (κ3) is 11.2. The fourth-order valence-corrected chi connectivity index (χ4v) is 13.4. The Kier molecular flexibility index (Phi) is 17.7. The fourth-order valence-electron chi connectivity index (χ4n) is 7.27. The molecule has 0 saturated heterocycles. The van der Waals surface area contributed by atoms with Gasteiger partial charge in [0, 0.05) is 0 Å². The van der Waals surface area contributed by atoms with Crippen molar-refractivity contribution in [3.05, 3.63) is 253 Å². The Morgan fingerprint density at radius 2 is 0.600 bits per heavy atom. The predicted molar refractivity (Wildman–Crippen MR) is 256 cm³/mol. The molecule has 0 aliphatic rings. The molecule has 0 aromatic heterocycles. The van der Waals surface area contributed by atoms with Gasteiger partial charge in [-0.25, -0.2) is 0 Å². The van der Waals surface area contributed by atoms with Crippen LogP contribution in [0.15, 0.2) is 218 Å². The molecule has 0 N–H and O–H groups in total. The second-order valence-corrected chi connectivity index (χ2v) is 18.9. The van der Waals surface area contributed by atoms with E-state index >= 15 is 0 Å². The Morgan fingerprint density at radius 1 is 0.333 bits per heavy atom. The first-order valence-corrected chi connectivity index (χ1v) is 22.4. The summed E-state index contributed by atoms with van der Waals surface area (Å²) in [5.74, 6) is 4.84. The van der Waals surface area contributed by atoms with Gasteiger partial charge in [-0.1, -0.05) is 156 Å². The standard InChI is InChI=1S/C32H28P2.2C12H7.2Ag/c1-25-23-31(33(27-15-7-3-8-16-27)28-17-9-4-10-18-28)32(24-26(25)2)34(29-19-11-5-12-20-29)30-21-13-6-14-22-30;2*1-2-10-7-5-8-11-6-3-4-9-12(10)11;;/h3-24H,1-2H3;2*3-9H;;/q;2*-1;2*+1/p+2. The summed E-state index contributed by atoms with van der Waals surface area (Å²) >= 11 is 0. The van der Waals surface area contributed by atoms with E-state index < -0.39 is 15.8 Å². The van der Waals surface area contributed by atoms with E-state index in [0.29, 0.717) is 0 Å². The third-order valence-corrected chi connectivity index (χ3v) is 16.1. The molecule has 0 spiro atoms. The Morgan fingerprint density at radius 3 is 0.900 bits per heavy atom. The molecule has 0 nitrogen and oxygen atoms in total. The van der Waals surface area contributed by atoms with Crippen molar-refractivity contribution in [3.63, 3.8) is 0 Å². The summed E-state index contributed by atoms with van der Waals surface area (Å²) in [7, 11) is -2.36. The van der Waals surface area contributed by atoms with Crippen molar-refractivity contribution < 1.29 is 44.8 Å². The van der Waals surface area contributed by atoms with Crippen molar-refractivity contribution in [3.8, 4) is 11.8 Å². The number of hydrogen-bond acceptors (Lipinski definition) is 0. The van der Waals surface area contributed by atoms with E-state index in [-0.39, 0.29) is 44.8 Å². The number of rotatable bonds is 6. The summed E-state index contributed by atoms with van der Waals surface area (Å²) in [5, 5.41) is 13.3. The maximum Gasteiger partial charge on any atom is 1.00 e. The van der Waals surface area contributed by atoms with Crippen LogP contribution in [0.5, 0.6) is 0 Å². The number of fused-ring (bicyclic) bond motifs is 2. The van der Waals surface area contributed by atoms with Crippen molar-refractivity contribution >= 4 is 69.2 Å². The molecule has 0 bridgehead atoms. The van der Waals surface area contributed by atoms with Gasteiger partial charge in [-0.2, -0.15) is 0 Å². The molecule has 0 heterocycles. The molecule has 0 fully saturated rings. The van der Waals surface area contributed by atoms with Crippen LogP contribution < -0.4 is 31.8 Å². The minimum absolute atomic E-state index is 0. The average molecular weight is 995 g/mol. The summed E-state index contributed by atoms with van der Waals surface area (Å²) in [6.45, 7) is 4.52. The largest absolute Gasteiger partial charge is 1.00 e. The van der Waals surface area contributed by atoms with Gasteiger partial charge in [0.25, 0.3) is 0 Å². The second kappa shape index (κ2) is 23.1. The Hall–Kier alpha value is -5.04. The molecule has 9 aromatic carbocycles. The van der Waals surface area contributed by atoms with E-state index in [1.54, 1.807) is 0 Å². The summed E-state index contributed by atoms with van der Waals surface area (Å²) in [6.07, 6.45) is 14.2. The molecule has 0 saturated carbocycles. The molecule has 9 aromatic rings. The third-order valence-electron chi connectivity index (χ3n) is 10.3. The number of benzene rings is 9. The zero-order valence-corrected chi connectivity index (χ0v) is 38.4. The molecule has 4 heteroatoms. The fraction of sp³-hybridized carbons (Fsp3) is 0.0357. The van der Waals surface area contributed by atoms with Crippen LogP contribution in [0.4, 0.5) is 0 Å². The van der Waals surface area contributed by atoms with Gasteiger partial charge in [0.15, 0.2) is 0 Å². The minimum Gasteiger partial charge on any atom is -0.366 e. The van der Waals surface area contributed by atoms with Crippen molar-refractivity contribution in [1.29, 1.82) is 0 Å². The van der Waals surface area contributed by atoms with Crippen LogP contribution in [0.3, 0.4) is 0 Å². The van der Waals surface area contributed by atoms with E-state index in [0.717, 1.165) is 32.7 Å². The van der Waals surface area contributed by atoms with Gasteiger partial charge in [-0.15, -0.1) is 23.3 Å². The first-order chi connectivity index (χ1) is 28.6. The zero-order chi connectivity index (χ0) is 40.1. The Labute approximate surface area is 390 Å². The van der Waals surface area contributed by atoms with E-state index in [4.69, 9.17) is 12.8 Å². The SMILES string of the molecule is Cc1cc([PH+](c2ccccc2)c2ccccc2)c([PH+](c2ccccc2)c2ccccc2)cc1C.[Ag+].[Ag+].[C-]#Cc1cccc2ccccc12.[C-]#Cc1cccc2ccccc12. The molecular formula is C56H44Ag2P2+2. The Bertz CT molecular complexity index is 2540. The maximum absolute atomic E-state index is 7.08. The summed E-state index contributed by atoms with van der Waals surface area (Å²) in [5.41, 5.74) is 4.45. The molecule has 0 radical (unpaired) electrons. The molecule has 0 aliphatic carbocycles. The molecule has 298 valence electrons. The summed E-state index contributed by atoms with van der Waals surface area (Å²) < 4.78 is 0. The van der Waals surface area contributed by atoms with Gasteiger partial charge in [0.2, 0.25) is 0 Å². The molecule has 60 heavy (non-hydrogen) atoms. The predicted octanol–water partition coefficient (Wildman–Crippen LogP) is 10.8. The van der Waals surface area contributed by atoms with Crippen molar-refractivity contribution in [2.75, 3.05) is 0 Å². The number of aryl methyl sites for hydroxylation is 2. The average Bonchev–Trinajstić information content (AvgIpc) is 3.29. The first-order valence-electron chi connectivity index (χ1n) is 19.4. The van der Waals surface area contributed by atoms with Gasteiger partial charge in [-0.3, -0.25) is 11.8 Å². The molecule has 0 unspecified atom stereocenters. The minimum atomic E-state index is -1.18. The zero-order valence-electron chi connectivity index (χ0n) is 33.4. The monoisotopic (exact) mass is 992 g/mol. The van der Waals surface area contributed by atoms with Gasteiger partial charge in [-0.05, 0) is 96.4 Å². The number of hydrogen-bond donors (Lipinski definition) is 0. The van der Waals surface area contributed by atoms with E-state index in [1.807, 2.05) is 84.9 Å². The molecule has 0 aliphatic heterocycles. The molecule has 0 atom stereocenters. The normalized spacial score (nSPS) is 10.2. The van der Waals surface area contributed by atoms with Crippen LogP contribution in [0.25, 0.3) is 21.5 Å². The second-order valence-electron chi connectivity index (χ2n) is 14.0. The van der Waals surface area contributed by atoms with Gasteiger partial charge < -0.3 is 12.8 Å². The van der Waals surface area contributed by atoms with Crippen LogP contribution >= 0.6 is 15.8 Å². The van der Waals surface area contributed by atoms with Crippen molar-refractivity contribution in [2.45, 2.75) is 13.8 Å². The van der Waals surface area contributed by atoms with Gasteiger partial charge in [0.1, 0.15) is 47.7 Å². The van der Waals surface area contributed by atoms with Crippen molar-refractivity contribution in [1.82, 2.24) is 0 Å². The molecular weight excluding hydrogens is 950 g/mol. The first kappa shape index (κ1) is 46.0. The molecule has 0 amide bonds. The maximum atomic E-state index is 7.08. The summed E-state index contributed by atoms with van der Waals surface area (Å²) in [4.78, 5) is 0. The van der Waals surface area contributed by atoms with Gasteiger partial charge in [0.05, 0.1) is 0 Å². The smallest absolute Gasteiger partial charge is 0.366 e. The van der Waals surface area contributed by atoms with Crippen molar-refractivity contribution in [2.24, 2.45) is 0 Å². The van der Waals surface area contributed by atoms with Crippen LogP contribution in [0.2, 0.25) is 0 Å². The van der Waals surface area contributed by atoms with E-state index in [1.165, 1.54) is 43.0 Å². The summed E-state index contributed by atoms with van der Waals surface area (Å²) in [6, 6.07) is 77.3. The van der Waals surface area contributed by atoms with Crippen LogP contribution in [0, 0.1) is 38.5 Å². The van der Waals surface area contributed by atoms with E-state index in [9.17, 15) is 0 Å². The molecule has 9 rings (SSSR count).